The molecule has 2 N–H and O–H groups in total. The van der Waals surface area contributed by atoms with E-state index in [0.29, 0.717) is 9.59 Å². The van der Waals surface area contributed by atoms with Crippen molar-refractivity contribution in [2.75, 3.05) is 0 Å². The van der Waals surface area contributed by atoms with Crippen molar-refractivity contribution >= 4 is 28.8 Å². The van der Waals surface area contributed by atoms with Gasteiger partial charge in [0.25, 0.3) is 5.56 Å². The van der Waals surface area contributed by atoms with Gasteiger partial charge in [-0.15, -0.1) is 0 Å². The Labute approximate surface area is 169 Å². The number of thiocarbonyl (C=S) groups is 1. The maximum absolute atomic E-state index is 14.6. The van der Waals surface area contributed by atoms with Crippen molar-refractivity contribution in [1.29, 1.82) is 0 Å². The van der Waals surface area contributed by atoms with Crippen molar-refractivity contribution in [1.82, 2.24) is 9.13 Å². The number of benzene rings is 2. The van der Waals surface area contributed by atoms with E-state index in [2.05, 4.69) is 0 Å². The molecule has 9 heteroatoms. The zero-order chi connectivity index (χ0) is 20.4. The number of aromatic nitrogens is 2. The van der Waals surface area contributed by atoms with Gasteiger partial charge in [-0.25, -0.2) is 13.8 Å². The van der Waals surface area contributed by atoms with E-state index in [-0.39, 0.29) is 28.7 Å². The predicted molar refractivity (Wildman–Crippen MR) is 109 cm³/mol. The quantitative estimate of drug-likeness (QED) is 0.643. The molecule has 0 saturated carbocycles. The third-order valence-corrected chi connectivity index (χ3v) is 4.51. The Morgan fingerprint density at radius 2 is 1.86 bits per heavy atom. The van der Waals surface area contributed by atoms with Gasteiger partial charge in [0.2, 0.25) is 0 Å². The minimum Gasteiger partial charge on any atom is -0.489 e. The molecule has 0 atom stereocenters. The highest BCUT2D eigenvalue weighted by atomic mass is 35.5. The molecule has 0 aliphatic rings. The van der Waals surface area contributed by atoms with Gasteiger partial charge in [0.1, 0.15) is 17.3 Å². The first kappa shape index (κ1) is 19.8. The highest BCUT2D eigenvalue weighted by Gasteiger charge is 2.15. The van der Waals surface area contributed by atoms with Crippen LogP contribution >= 0.6 is 23.8 Å². The summed E-state index contributed by atoms with van der Waals surface area (Å²) in [5.74, 6) is -0.531. The minimum atomic E-state index is -0.782. The minimum absolute atomic E-state index is 0.101. The van der Waals surface area contributed by atoms with Crippen LogP contribution in [-0.4, -0.2) is 14.1 Å². The molecule has 3 aromatic rings. The zero-order valence-electron chi connectivity index (χ0n) is 14.7. The first-order valence-corrected chi connectivity index (χ1v) is 8.86. The van der Waals surface area contributed by atoms with Crippen LogP contribution in [0.1, 0.15) is 11.3 Å². The van der Waals surface area contributed by atoms with Gasteiger partial charge in [-0.1, -0.05) is 36.0 Å². The van der Waals surface area contributed by atoms with Gasteiger partial charge in [-0.05, 0) is 29.8 Å². The van der Waals surface area contributed by atoms with Gasteiger partial charge in [0.05, 0.1) is 11.4 Å². The third kappa shape index (κ3) is 3.97. The molecule has 0 fully saturated rings. The Morgan fingerprint density at radius 1 is 1.18 bits per heavy atom. The second kappa shape index (κ2) is 7.95. The normalized spacial score (nSPS) is 10.7. The summed E-state index contributed by atoms with van der Waals surface area (Å²) in [5.41, 5.74) is 4.77. The van der Waals surface area contributed by atoms with Crippen LogP contribution in [0.5, 0.6) is 5.75 Å². The molecule has 2 aromatic carbocycles. The molecule has 6 nitrogen and oxygen atoms in total. The van der Waals surface area contributed by atoms with Crippen molar-refractivity contribution < 1.29 is 9.13 Å². The highest BCUT2D eigenvalue weighted by molar-refractivity contribution is 7.80. The van der Waals surface area contributed by atoms with Crippen molar-refractivity contribution in [3.8, 4) is 11.4 Å². The molecule has 0 aliphatic heterocycles. The van der Waals surface area contributed by atoms with Crippen LogP contribution < -0.4 is 21.7 Å². The van der Waals surface area contributed by atoms with Crippen LogP contribution in [0, 0.1) is 5.82 Å². The van der Waals surface area contributed by atoms with Crippen LogP contribution in [0.3, 0.4) is 0 Å². The molecule has 0 radical (unpaired) electrons. The van der Waals surface area contributed by atoms with Gasteiger partial charge < -0.3 is 10.5 Å². The predicted octanol–water partition coefficient (Wildman–Crippen LogP) is 2.54. The fourth-order valence-corrected chi connectivity index (χ4v) is 2.91. The number of ether oxygens (including phenoxy) is 1. The van der Waals surface area contributed by atoms with Crippen LogP contribution in [0.25, 0.3) is 5.69 Å². The van der Waals surface area contributed by atoms with Gasteiger partial charge >= 0.3 is 5.69 Å². The van der Waals surface area contributed by atoms with Crippen molar-refractivity contribution in [2.45, 2.75) is 6.61 Å². The van der Waals surface area contributed by atoms with E-state index in [1.807, 2.05) is 0 Å². The number of nitrogens with two attached hydrogens (primary N) is 1. The molecule has 0 bridgehead atoms. The van der Waals surface area contributed by atoms with Gasteiger partial charge in [-0.3, -0.25) is 9.36 Å². The summed E-state index contributed by atoms with van der Waals surface area (Å²) in [6, 6.07) is 12.0. The maximum Gasteiger partial charge on any atom is 0.336 e. The molecule has 0 saturated heterocycles. The Balaban J connectivity index is 1.92. The van der Waals surface area contributed by atoms with Gasteiger partial charge in [0, 0.05) is 24.2 Å². The van der Waals surface area contributed by atoms with Crippen molar-refractivity contribution in [3.05, 3.63) is 91.5 Å². The summed E-state index contributed by atoms with van der Waals surface area (Å²) >= 11 is 10.6. The number of halogens is 2. The molecule has 3 rings (SSSR count). The molecule has 144 valence electrons. The van der Waals surface area contributed by atoms with Crippen LogP contribution in [0.15, 0.2) is 58.1 Å². The number of nitrogens with zero attached hydrogens (tertiary/aromatic N) is 2. The van der Waals surface area contributed by atoms with Crippen LogP contribution in [-0.2, 0) is 13.7 Å². The van der Waals surface area contributed by atoms with E-state index in [1.54, 1.807) is 24.3 Å². The summed E-state index contributed by atoms with van der Waals surface area (Å²) in [6.45, 7) is 0.209. The summed E-state index contributed by atoms with van der Waals surface area (Å²) in [5, 5.41) is 0.604. The standard InChI is InChI=1S/C19H15ClFN3O3S/c1-23-16(18(22)28)9-17(25)24(19(23)26)15-7-6-13(8-14(15)21)27-10-11-2-4-12(20)5-3-11/h2-9H,10H2,1H3,(H2,22,28). The lowest BCUT2D eigenvalue weighted by molar-refractivity contribution is 0.304. The topological polar surface area (TPSA) is 79.2 Å². The molecule has 28 heavy (non-hydrogen) atoms. The molecular formula is C19H15ClFN3O3S. The van der Waals surface area contributed by atoms with Crippen LogP contribution in [0.4, 0.5) is 4.39 Å². The lowest BCUT2D eigenvalue weighted by Gasteiger charge is -2.12. The Bertz CT molecular complexity index is 1170. The first-order chi connectivity index (χ1) is 13.3. The monoisotopic (exact) mass is 419 g/mol. The highest BCUT2D eigenvalue weighted by Crippen LogP contribution is 2.20. The van der Waals surface area contributed by atoms with Gasteiger partial charge in [-0.2, -0.15) is 0 Å². The molecular weight excluding hydrogens is 405 g/mol. The Hall–Kier alpha value is -2.97. The molecule has 0 aliphatic carbocycles. The average Bonchev–Trinajstić information content (AvgIpc) is 2.65. The maximum atomic E-state index is 14.6. The fraction of sp³-hybridized carbons (Fsp3) is 0.105. The van der Waals surface area contributed by atoms with E-state index in [4.69, 9.17) is 34.3 Å². The molecule has 1 aromatic heterocycles. The molecule has 0 amide bonds. The van der Waals surface area contributed by atoms with Crippen molar-refractivity contribution in [2.24, 2.45) is 12.8 Å². The Kier molecular flexibility index (Phi) is 5.62. The molecule has 1 heterocycles. The summed E-state index contributed by atoms with van der Waals surface area (Å²) in [7, 11) is 1.40. The zero-order valence-corrected chi connectivity index (χ0v) is 16.3. The lowest BCUT2D eigenvalue weighted by Crippen LogP contribution is -2.41. The van der Waals surface area contributed by atoms with Gasteiger partial charge in [0.15, 0.2) is 5.82 Å². The van der Waals surface area contributed by atoms with E-state index in [1.165, 1.54) is 19.2 Å². The SMILES string of the molecule is Cn1c(C(N)=S)cc(=O)n(-c2ccc(OCc3ccc(Cl)cc3)cc2F)c1=O. The first-order valence-electron chi connectivity index (χ1n) is 8.08. The second-order valence-corrected chi connectivity index (χ2v) is 6.81. The molecule has 0 spiro atoms. The largest absolute Gasteiger partial charge is 0.489 e. The number of rotatable bonds is 5. The van der Waals surface area contributed by atoms with Crippen LogP contribution in [0.2, 0.25) is 5.02 Å². The fourth-order valence-electron chi connectivity index (χ4n) is 2.59. The number of hydrogen-bond acceptors (Lipinski definition) is 4. The van der Waals surface area contributed by atoms with E-state index < -0.39 is 17.1 Å². The summed E-state index contributed by atoms with van der Waals surface area (Å²) < 4.78 is 22.0. The Morgan fingerprint density at radius 3 is 2.46 bits per heavy atom. The number of hydrogen-bond donors (Lipinski definition) is 1. The smallest absolute Gasteiger partial charge is 0.336 e. The lowest BCUT2D eigenvalue weighted by atomic mass is 10.2. The third-order valence-electron chi connectivity index (χ3n) is 4.05. The van der Waals surface area contributed by atoms with E-state index in [0.717, 1.165) is 22.3 Å². The molecule has 0 unspecified atom stereocenters. The van der Waals surface area contributed by atoms with Crippen molar-refractivity contribution in [3.63, 3.8) is 0 Å². The van der Waals surface area contributed by atoms with E-state index in [9.17, 15) is 14.0 Å². The second-order valence-electron chi connectivity index (χ2n) is 5.94. The summed E-state index contributed by atoms with van der Waals surface area (Å²) in [6.07, 6.45) is 0. The average molecular weight is 420 g/mol. The summed E-state index contributed by atoms with van der Waals surface area (Å²) in [4.78, 5) is 24.7. The van der Waals surface area contributed by atoms with E-state index >= 15 is 0 Å².